The topological polar surface area (TPSA) is 67.1 Å². The number of aromatic nitrogens is 2. The summed E-state index contributed by atoms with van der Waals surface area (Å²) in [5, 5.41) is 0.551. The van der Waals surface area contributed by atoms with Gasteiger partial charge in [-0.2, -0.15) is 4.98 Å². The van der Waals surface area contributed by atoms with Gasteiger partial charge in [-0.05, 0) is 11.8 Å². The lowest BCUT2D eigenvalue weighted by Gasteiger charge is -2.28. The lowest BCUT2D eigenvalue weighted by Crippen LogP contribution is -2.32. The van der Waals surface area contributed by atoms with E-state index in [1.54, 1.807) is 6.20 Å². The Morgan fingerprint density at radius 1 is 1.28 bits per heavy atom. The van der Waals surface area contributed by atoms with Crippen LogP contribution in [0.25, 0.3) is 0 Å². The third-order valence-electron chi connectivity index (χ3n) is 2.33. The highest BCUT2D eigenvalue weighted by Gasteiger charge is 2.16. The molecule has 0 aliphatic rings. The molecule has 3 N–H and O–H groups in total. The van der Waals surface area contributed by atoms with Crippen molar-refractivity contribution in [3.05, 3.63) is 11.2 Å². The van der Waals surface area contributed by atoms with Gasteiger partial charge in [0.15, 0.2) is 5.82 Å². The van der Waals surface area contributed by atoms with Crippen molar-refractivity contribution in [1.29, 1.82) is 0 Å². The Bertz CT molecular complexity index is 371. The molecule has 1 aromatic heterocycles. The highest BCUT2D eigenvalue weighted by molar-refractivity contribution is 6.32. The number of halogens is 1. The number of hydrogen-bond donors (Lipinski definition) is 2. The number of hydrazine groups is 1. The second-order valence-electron chi connectivity index (χ2n) is 5.20. The van der Waals surface area contributed by atoms with Crippen molar-refractivity contribution in [2.75, 3.05) is 23.4 Å². The first-order valence-electron chi connectivity index (χ1n) is 6.18. The monoisotopic (exact) mass is 271 g/mol. The number of rotatable bonds is 6. The molecule has 0 atom stereocenters. The van der Waals surface area contributed by atoms with E-state index < -0.39 is 0 Å². The Kier molecular flexibility index (Phi) is 5.62. The van der Waals surface area contributed by atoms with Crippen molar-refractivity contribution >= 4 is 23.4 Å². The number of nitrogens with zero attached hydrogens (tertiary/aromatic N) is 3. The summed E-state index contributed by atoms with van der Waals surface area (Å²) in [6.07, 6.45) is 1.58. The fraction of sp³-hybridized carbons (Fsp3) is 0.667. The zero-order valence-corrected chi connectivity index (χ0v) is 12.2. The van der Waals surface area contributed by atoms with E-state index in [0.29, 0.717) is 22.8 Å². The summed E-state index contributed by atoms with van der Waals surface area (Å²) < 4.78 is 0. The molecular weight excluding hydrogens is 250 g/mol. The summed E-state index contributed by atoms with van der Waals surface area (Å²) in [7, 11) is 0. The van der Waals surface area contributed by atoms with Crippen molar-refractivity contribution in [1.82, 2.24) is 9.97 Å². The molecule has 0 unspecified atom stereocenters. The van der Waals surface area contributed by atoms with Crippen LogP contribution in [-0.2, 0) is 0 Å². The molecule has 18 heavy (non-hydrogen) atoms. The Hall–Kier alpha value is -1.07. The number of nitrogen functional groups attached to an aromatic ring is 1. The molecular formula is C12H22ClN5. The van der Waals surface area contributed by atoms with Gasteiger partial charge in [-0.3, -0.25) is 5.43 Å². The maximum Gasteiger partial charge on any atom is 0.239 e. The first-order valence-corrected chi connectivity index (χ1v) is 6.56. The molecule has 0 saturated heterocycles. The van der Waals surface area contributed by atoms with Gasteiger partial charge >= 0.3 is 0 Å². The number of hydrogen-bond acceptors (Lipinski definition) is 5. The molecule has 1 heterocycles. The molecule has 1 aromatic rings. The highest BCUT2D eigenvalue weighted by Crippen LogP contribution is 2.25. The van der Waals surface area contributed by atoms with Crippen LogP contribution < -0.4 is 16.2 Å². The third kappa shape index (κ3) is 4.31. The van der Waals surface area contributed by atoms with Gasteiger partial charge in [0, 0.05) is 13.1 Å². The fourth-order valence-corrected chi connectivity index (χ4v) is 1.99. The van der Waals surface area contributed by atoms with Crippen LogP contribution in [0.2, 0.25) is 5.02 Å². The Morgan fingerprint density at radius 2 is 1.83 bits per heavy atom. The maximum atomic E-state index is 6.18. The predicted octanol–water partition coefficient (Wildman–Crippen LogP) is 2.53. The van der Waals surface area contributed by atoms with Crippen molar-refractivity contribution in [3.63, 3.8) is 0 Å². The summed E-state index contributed by atoms with van der Waals surface area (Å²) in [4.78, 5) is 10.5. The smallest absolute Gasteiger partial charge is 0.239 e. The largest absolute Gasteiger partial charge is 0.355 e. The molecule has 1 rings (SSSR count). The third-order valence-corrected chi connectivity index (χ3v) is 2.59. The van der Waals surface area contributed by atoms with E-state index in [0.717, 1.165) is 18.9 Å². The van der Waals surface area contributed by atoms with Crippen LogP contribution in [0.15, 0.2) is 6.20 Å². The van der Waals surface area contributed by atoms with Gasteiger partial charge in [-0.25, -0.2) is 10.8 Å². The molecule has 0 radical (unpaired) electrons. The van der Waals surface area contributed by atoms with E-state index in [2.05, 4.69) is 48.0 Å². The molecule has 0 amide bonds. The molecule has 0 saturated carbocycles. The van der Waals surface area contributed by atoms with E-state index in [1.165, 1.54) is 0 Å². The van der Waals surface area contributed by atoms with Gasteiger partial charge in [-0.1, -0.05) is 39.3 Å². The average molecular weight is 272 g/mol. The summed E-state index contributed by atoms with van der Waals surface area (Å²) in [5.41, 5.74) is 2.45. The standard InChI is InChI=1S/C12H22ClN5/c1-8(2)6-18(7-9(3)4)11-10(13)5-15-12(16-11)17-14/h5,8-9H,6-7,14H2,1-4H3,(H,15,16,17). The minimum atomic E-state index is 0.381. The first kappa shape index (κ1) is 15.0. The minimum absolute atomic E-state index is 0.381. The Morgan fingerprint density at radius 3 is 2.28 bits per heavy atom. The molecule has 6 heteroatoms. The predicted molar refractivity (Wildman–Crippen MR) is 76.7 cm³/mol. The number of anilines is 2. The van der Waals surface area contributed by atoms with Gasteiger partial charge in [0.2, 0.25) is 5.95 Å². The maximum absolute atomic E-state index is 6.18. The second kappa shape index (κ2) is 6.75. The number of nitrogens with two attached hydrogens (primary N) is 1. The Labute approximate surface area is 114 Å². The quantitative estimate of drug-likeness (QED) is 0.615. The second-order valence-corrected chi connectivity index (χ2v) is 5.61. The zero-order chi connectivity index (χ0) is 13.7. The van der Waals surface area contributed by atoms with E-state index in [-0.39, 0.29) is 0 Å². The molecule has 0 bridgehead atoms. The van der Waals surface area contributed by atoms with Crippen LogP contribution in [0.1, 0.15) is 27.7 Å². The molecule has 0 aliphatic carbocycles. The van der Waals surface area contributed by atoms with Gasteiger partial charge < -0.3 is 4.90 Å². The summed E-state index contributed by atoms with van der Waals surface area (Å²) >= 11 is 6.18. The molecule has 5 nitrogen and oxygen atoms in total. The van der Waals surface area contributed by atoms with Crippen molar-refractivity contribution in [3.8, 4) is 0 Å². The Balaban J connectivity index is 3.02. The van der Waals surface area contributed by atoms with E-state index in [4.69, 9.17) is 17.4 Å². The van der Waals surface area contributed by atoms with Crippen molar-refractivity contribution < 1.29 is 0 Å². The van der Waals surface area contributed by atoms with Crippen LogP contribution in [0, 0.1) is 11.8 Å². The summed E-state index contributed by atoms with van der Waals surface area (Å²) in [5.74, 6) is 7.52. The minimum Gasteiger partial charge on any atom is -0.355 e. The lowest BCUT2D eigenvalue weighted by atomic mass is 10.1. The van der Waals surface area contributed by atoms with E-state index in [9.17, 15) is 0 Å². The van der Waals surface area contributed by atoms with E-state index >= 15 is 0 Å². The van der Waals surface area contributed by atoms with Crippen molar-refractivity contribution in [2.45, 2.75) is 27.7 Å². The average Bonchev–Trinajstić information content (AvgIpc) is 2.27. The normalized spacial score (nSPS) is 11.1. The zero-order valence-electron chi connectivity index (χ0n) is 11.4. The van der Waals surface area contributed by atoms with Crippen LogP contribution in [0.3, 0.4) is 0 Å². The lowest BCUT2D eigenvalue weighted by molar-refractivity contribution is 0.548. The van der Waals surface area contributed by atoms with Crippen LogP contribution in [-0.4, -0.2) is 23.1 Å². The van der Waals surface area contributed by atoms with Gasteiger partial charge in [0.05, 0.1) is 6.20 Å². The van der Waals surface area contributed by atoms with Crippen LogP contribution in [0.4, 0.5) is 11.8 Å². The van der Waals surface area contributed by atoms with Crippen LogP contribution in [0.5, 0.6) is 0 Å². The van der Waals surface area contributed by atoms with E-state index in [1.807, 2.05) is 0 Å². The molecule has 0 aromatic carbocycles. The number of nitrogens with one attached hydrogen (secondary N) is 1. The van der Waals surface area contributed by atoms with Gasteiger partial charge in [-0.15, -0.1) is 0 Å². The summed E-state index contributed by atoms with van der Waals surface area (Å²) in [6, 6.07) is 0. The highest BCUT2D eigenvalue weighted by atomic mass is 35.5. The molecule has 102 valence electrons. The SMILES string of the molecule is CC(C)CN(CC(C)C)c1nc(NN)ncc1Cl. The fourth-order valence-electron chi connectivity index (χ4n) is 1.78. The first-order chi connectivity index (χ1) is 8.43. The molecule has 0 spiro atoms. The van der Waals surface area contributed by atoms with Crippen molar-refractivity contribution in [2.24, 2.45) is 17.7 Å². The molecule has 0 fully saturated rings. The summed E-state index contributed by atoms with van der Waals surface area (Å²) in [6.45, 7) is 10.5. The van der Waals surface area contributed by atoms with Gasteiger partial charge in [0.1, 0.15) is 5.02 Å². The molecule has 0 aliphatic heterocycles. The van der Waals surface area contributed by atoms with Gasteiger partial charge in [0.25, 0.3) is 0 Å². The van der Waals surface area contributed by atoms with Crippen LogP contribution >= 0.6 is 11.6 Å².